The van der Waals surface area contributed by atoms with Crippen molar-refractivity contribution in [2.24, 2.45) is 0 Å². The maximum absolute atomic E-state index is 13.3. The maximum atomic E-state index is 13.3. The lowest BCUT2D eigenvalue weighted by Crippen LogP contribution is -2.59. The molecule has 1 N–H and O–H groups in total. The normalized spacial score (nSPS) is 20.0. The minimum absolute atomic E-state index is 0.188. The van der Waals surface area contributed by atoms with Crippen molar-refractivity contribution in [2.75, 3.05) is 44.2 Å². The van der Waals surface area contributed by atoms with Gasteiger partial charge in [-0.1, -0.05) is 0 Å². The van der Waals surface area contributed by atoms with Crippen LogP contribution in [0.15, 0.2) is 18.5 Å². The molecule has 26 heavy (non-hydrogen) atoms. The van der Waals surface area contributed by atoms with Gasteiger partial charge in [-0.3, -0.25) is 0 Å². The molecule has 0 atom stereocenters. The first-order valence-electron chi connectivity index (χ1n) is 9.78. The number of carbonyl (C=O) groups excluding carboxylic acids is 1. The van der Waals surface area contributed by atoms with E-state index in [1.165, 1.54) is 0 Å². The number of anilines is 1. The molecule has 1 aromatic rings. The molecule has 144 valence electrons. The third-order valence-corrected chi connectivity index (χ3v) is 5.20. The first-order valence-corrected chi connectivity index (χ1v) is 9.78. The Labute approximate surface area is 156 Å². The average Bonchev–Trinajstić information content (AvgIpc) is 2.91. The molecule has 1 aromatic heterocycles. The predicted octanol–water partition coefficient (Wildman–Crippen LogP) is 1.96. The van der Waals surface area contributed by atoms with Crippen molar-refractivity contribution in [3.05, 3.63) is 18.5 Å². The number of piperidine rings is 1. The fourth-order valence-corrected chi connectivity index (χ4v) is 3.96. The fourth-order valence-electron chi connectivity index (χ4n) is 3.96. The highest BCUT2D eigenvalue weighted by Gasteiger charge is 2.37. The molecule has 2 saturated heterocycles. The van der Waals surface area contributed by atoms with E-state index >= 15 is 0 Å². The molecule has 3 heterocycles. The first kappa shape index (κ1) is 18.9. The highest BCUT2D eigenvalue weighted by molar-refractivity contribution is 5.75. The number of aromatic nitrogens is 2. The van der Waals surface area contributed by atoms with Gasteiger partial charge in [-0.15, -0.1) is 0 Å². The number of nitrogens with zero attached hydrogens (tertiary/aromatic N) is 5. The van der Waals surface area contributed by atoms with Gasteiger partial charge in [-0.2, -0.15) is 0 Å². The van der Waals surface area contributed by atoms with Crippen LogP contribution in [0.4, 0.5) is 10.7 Å². The van der Waals surface area contributed by atoms with E-state index in [2.05, 4.69) is 45.9 Å². The zero-order chi connectivity index (χ0) is 18.6. The highest BCUT2D eigenvalue weighted by Crippen LogP contribution is 2.27. The van der Waals surface area contributed by atoms with E-state index in [1.807, 2.05) is 11.0 Å². The lowest BCUT2D eigenvalue weighted by Gasteiger charge is -2.47. The van der Waals surface area contributed by atoms with Crippen LogP contribution in [0.2, 0.25) is 0 Å². The molecule has 7 heteroatoms. The van der Waals surface area contributed by atoms with E-state index in [0.29, 0.717) is 0 Å². The zero-order valence-corrected chi connectivity index (χ0v) is 16.3. The van der Waals surface area contributed by atoms with Crippen LogP contribution >= 0.6 is 0 Å². The van der Waals surface area contributed by atoms with Crippen molar-refractivity contribution in [2.45, 2.75) is 51.6 Å². The summed E-state index contributed by atoms with van der Waals surface area (Å²) in [6, 6.07) is 2.29. The Morgan fingerprint density at radius 3 is 2.46 bits per heavy atom. The van der Waals surface area contributed by atoms with Crippen molar-refractivity contribution < 1.29 is 4.79 Å². The van der Waals surface area contributed by atoms with Crippen molar-refractivity contribution in [3.8, 4) is 0 Å². The molecule has 0 aromatic carbocycles. The lowest BCUT2D eigenvalue weighted by molar-refractivity contribution is 0.0711. The van der Waals surface area contributed by atoms with Gasteiger partial charge in [-0.25, -0.2) is 14.8 Å². The molecule has 2 fully saturated rings. The Bertz CT molecular complexity index is 571. The lowest BCUT2D eigenvalue weighted by atomic mass is 9.96. The third kappa shape index (κ3) is 4.44. The largest absolute Gasteiger partial charge is 0.341 e. The molecule has 7 nitrogen and oxygen atoms in total. The summed E-state index contributed by atoms with van der Waals surface area (Å²) in [5.41, 5.74) is -0.188. The number of hydrogen-bond donors (Lipinski definition) is 1. The summed E-state index contributed by atoms with van der Waals surface area (Å²) in [5.74, 6) is 0.790. The number of urea groups is 1. The molecule has 0 radical (unpaired) electrons. The number of amides is 2. The summed E-state index contributed by atoms with van der Waals surface area (Å²) in [5, 5.41) is 3.38. The molecule has 0 saturated carbocycles. The van der Waals surface area contributed by atoms with Crippen LogP contribution in [-0.2, 0) is 0 Å². The number of hydrogen-bond acceptors (Lipinski definition) is 5. The standard InChI is InChI=1S/C19H32N6O/c1-19(2,3)25(18(26)24-12-5-8-20-11-15-24)16-6-13-23(14-7-16)17-21-9-4-10-22-17/h4,9-10,16,20H,5-8,11-15H2,1-3H3. The Kier molecular flexibility index (Phi) is 5.96. The van der Waals surface area contributed by atoms with Gasteiger partial charge in [-0.05, 0) is 52.6 Å². The molecule has 2 aliphatic heterocycles. The topological polar surface area (TPSA) is 64.6 Å². The number of nitrogens with one attached hydrogen (secondary N) is 1. The van der Waals surface area contributed by atoms with Crippen LogP contribution in [0.3, 0.4) is 0 Å². The van der Waals surface area contributed by atoms with Gasteiger partial charge in [0, 0.05) is 56.7 Å². The van der Waals surface area contributed by atoms with Crippen LogP contribution in [0, 0.1) is 0 Å². The van der Waals surface area contributed by atoms with Crippen LogP contribution < -0.4 is 10.2 Å². The maximum Gasteiger partial charge on any atom is 0.320 e. The van der Waals surface area contributed by atoms with Gasteiger partial charge in [0.15, 0.2) is 0 Å². The van der Waals surface area contributed by atoms with Gasteiger partial charge in [0.2, 0.25) is 5.95 Å². The van der Waals surface area contributed by atoms with E-state index < -0.39 is 0 Å². The zero-order valence-electron chi connectivity index (χ0n) is 16.3. The Hall–Kier alpha value is -1.89. The molecule has 3 rings (SSSR count). The molecule has 0 unspecified atom stereocenters. The molecular formula is C19H32N6O. The molecule has 2 amide bonds. The summed E-state index contributed by atoms with van der Waals surface area (Å²) < 4.78 is 0. The SMILES string of the molecule is CC(C)(C)N(C(=O)N1CCCNCC1)C1CCN(c2ncccn2)CC1. The Morgan fingerprint density at radius 2 is 1.81 bits per heavy atom. The van der Waals surface area contributed by atoms with E-state index in [9.17, 15) is 4.79 Å². The third-order valence-electron chi connectivity index (χ3n) is 5.20. The van der Waals surface area contributed by atoms with Crippen LogP contribution in [0.1, 0.15) is 40.0 Å². The summed E-state index contributed by atoms with van der Waals surface area (Å²) in [6.45, 7) is 11.7. The second-order valence-corrected chi connectivity index (χ2v) is 8.18. The van der Waals surface area contributed by atoms with E-state index in [-0.39, 0.29) is 17.6 Å². The van der Waals surface area contributed by atoms with Gasteiger partial charge >= 0.3 is 6.03 Å². The molecule has 0 spiro atoms. The van der Waals surface area contributed by atoms with Crippen molar-refractivity contribution >= 4 is 12.0 Å². The molecular weight excluding hydrogens is 328 g/mol. The summed E-state index contributed by atoms with van der Waals surface area (Å²) >= 11 is 0. The predicted molar refractivity (Wildman–Crippen MR) is 103 cm³/mol. The van der Waals surface area contributed by atoms with Crippen molar-refractivity contribution in [1.29, 1.82) is 0 Å². The van der Waals surface area contributed by atoms with Gasteiger partial charge in [0.25, 0.3) is 0 Å². The second-order valence-electron chi connectivity index (χ2n) is 8.18. The van der Waals surface area contributed by atoms with E-state index in [4.69, 9.17) is 0 Å². The highest BCUT2D eigenvalue weighted by atomic mass is 16.2. The molecule has 0 aliphatic carbocycles. The van der Waals surface area contributed by atoms with Gasteiger partial charge in [0.1, 0.15) is 0 Å². The smallest absolute Gasteiger partial charge is 0.320 e. The monoisotopic (exact) mass is 360 g/mol. The van der Waals surface area contributed by atoms with Gasteiger partial charge < -0.3 is 20.0 Å². The van der Waals surface area contributed by atoms with Crippen molar-refractivity contribution in [3.63, 3.8) is 0 Å². The van der Waals surface area contributed by atoms with E-state index in [0.717, 1.165) is 64.5 Å². The first-order chi connectivity index (χ1) is 12.5. The minimum atomic E-state index is -0.188. The Morgan fingerprint density at radius 1 is 1.12 bits per heavy atom. The van der Waals surface area contributed by atoms with Crippen LogP contribution in [0.25, 0.3) is 0 Å². The number of rotatable bonds is 2. The quantitative estimate of drug-likeness (QED) is 0.873. The van der Waals surface area contributed by atoms with Crippen LogP contribution in [-0.4, -0.2) is 76.6 Å². The summed E-state index contributed by atoms with van der Waals surface area (Å²) in [7, 11) is 0. The molecule has 0 bridgehead atoms. The van der Waals surface area contributed by atoms with Crippen LogP contribution in [0.5, 0.6) is 0 Å². The second kappa shape index (κ2) is 8.20. The average molecular weight is 361 g/mol. The summed E-state index contributed by atoms with van der Waals surface area (Å²) in [4.78, 5) is 28.4. The number of carbonyl (C=O) groups is 1. The van der Waals surface area contributed by atoms with Gasteiger partial charge in [0.05, 0.1) is 0 Å². The molecule has 2 aliphatic rings. The summed E-state index contributed by atoms with van der Waals surface area (Å²) in [6.07, 6.45) is 6.49. The van der Waals surface area contributed by atoms with Crippen molar-refractivity contribution in [1.82, 2.24) is 25.1 Å². The fraction of sp³-hybridized carbons (Fsp3) is 0.737. The Balaban J connectivity index is 1.68. The van der Waals surface area contributed by atoms with E-state index in [1.54, 1.807) is 12.4 Å². The minimum Gasteiger partial charge on any atom is -0.341 e.